The van der Waals surface area contributed by atoms with Crippen molar-refractivity contribution in [3.63, 3.8) is 0 Å². The topological polar surface area (TPSA) is 80.0 Å². The van der Waals surface area contributed by atoms with Gasteiger partial charge in [0.05, 0.1) is 5.69 Å². The minimum absolute atomic E-state index is 0.515. The van der Waals surface area contributed by atoms with Gasteiger partial charge in [-0.1, -0.05) is 0 Å². The Labute approximate surface area is 115 Å². The summed E-state index contributed by atoms with van der Waals surface area (Å²) in [4.78, 5) is 19.0. The molecule has 0 saturated heterocycles. The standard InChI is InChI=1S/C11H16N6OS/c1-6-7(2)18-11(13-6)19-10-15-8(12-3)14-9(16-10)17(4)5/h1-5H3,(H,12,14,15,16). The molecular weight excluding hydrogens is 264 g/mol. The van der Waals surface area contributed by atoms with Gasteiger partial charge < -0.3 is 14.6 Å². The van der Waals surface area contributed by atoms with E-state index < -0.39 is 0 Å². The Kier molecular flexibility index (Phi) is 3.89. The lowest BCUT2D eigenvalue weighted by Crippen LogP contribution is -2.15. The first-order valence-corrected chi connectivity index (χ1v) is 6.54. The van der Waals surface area contributed by atoms with Crippen molar-refractivity contribution >= 4 is 23.7 Å². The van der Waals surface area contributed by atoms with Crippen LogP contribution in [0.15, 0.2) is 14.8 Å². The van der Waals surface area contributed by atoms with Crippen molar-refractivity contribution in [1.29, 1.82) is 0 Å². The van der Waals surface area contributed by atoms with Gasteiger partial charge in [-0.05, 0) is 13.8 Å². The summed E-state index contributed by atoms with van der Waals surface area (Å²) in [6, 6.07) is 0. The van der Waals surface area contributed by atoms with E-state index >= 15 is 0 Å². The molecule has 8 heteroatoms. The molecule has 0 aliphatic heterocycles. The second kappa shape index (κ2) is 5.43. The van der Waals surface area contributed by atoms with E-state index in [0.29, 0.717) is 22.3 Å². The van der Waals surface area contributed by atoms with Crippen LogP contribution < -0.4 is 10.2 Å². The van der Waals surface area contributed by atoms with Gasteiger partial charge in [-0.2, -0.15) is 15.0 Å². The number of hydrogen-bond acceptors (Lipinski definition) is 8. The summed E-state index contributed by atoms with van der Waals surface area (Å²) in [5.74, 6) is 1.90. The highest BCUT2D eigenvalue weighted by Crippen LogP contribution is 2.27. The molecule has 0 amide bonds. The van der Waals surface area contributed by atoms with Crippen LogP contribution in [0.4, 0.5) is 11.9 Å². The number of nitrogens with one attached hydrogen (secondary N) is 1. The molecule has 0 atom stereocenters. The summed E-state index contributed by atoms with van der Waals surface area (Å²) in [5, 5.41) is 3.99. The normalized spacial score (nSPS) is 10.6. The Morgan fingerprint density at radius 2 is 1.84 bits per heavy atom. The summed E-state index contributed by atoms with van der Waals surface area (Å²) >= 11 is 1.28. The minimum atomic E-state index is 0.515. The summed E-state index contributed by atoms with van der Waals surface area (Å²) in [7, 11) is 5.52. The van der Waals surface area contributed by atoms with Gasteiger partial charge in [-0.3, -0.25) is 0 Å². The van der Waals surface area contributed by atoms with E-state index in [1.54, 1.807) is 7.05 Å². The van der Waals surface area contributed by atoms with Crippen molar-refractivity contribution in [2.45, 2.75) is 24.2 Å². The SMILES string of the molecule is CNc1nc(Sc2nc(C)c(C)o2)nc(N(C)C)n1. The maximum atomic E-state index is 5.51. The predicted molar refractivity (Wildman–Crippen MR) is 73.8 cm³/mol. The molecule has 0 bridgehead atoms. The summed E-state index contributed by atoms with van der Waals surface area (Å²) in [6.07, 6.45) is 0. The van der Waals surface area contributed by atoms with E-state index in [0.717, 1.165) is 11.5 Å². The fraction of sp³-hybridized carbons (Fsp3) is 0.455. The summed E-state index contributed by atoms with van der Waals surface area (Å²) in [6.45, 7) is 3.78. The molecule has 2 aromatic heterocycles. The average molecular weight is 280 g/mol. The first-order chi connectivity index (χ1) is 8.99. The number of nitrogens with zero attached hydrogens (tertiary/aromatic N) is 5. The van der Waals surface area contributed by atoms with Crippen LogP contribution in [-0.2, 0) is 0 Å². The molecule has 2 rings (SSSR count). The monoisotopic (exact) mass is 280 g/mol. The highest BCUT2D eigenvalue weighted by molar-refractivity contribution is 7.98. The molecule has 7 nitrogen and oxygen atoms in total. The van der Waals surface area contributed by atoms with Crippen LogP contribution in [0.2, 0.25) is 0 Å². The number of oxazole rings is 1. The van der Waals surface area contributed by atoms with Crippen molar-refractivity contribution in [2.75, 3.05) is 31.4 Å². The third kappa shape index (κ3) is 3.14. The number of aromatic nitrogens is 4. The lowest BCUT2D eigenvalue weighted by molar-refractivity contribution is 0.430. The van der Waals surface area contributed by atoms with Crippen LogP contribution in [0.25, 0.3) is 0 Å². The Morgan fingerprint density at radius 1 is 1.11 bits per heavy atom. The van der Waals surface area contributed by atoms with Crippen molar-refractivity contribution in [3.8, 4) is 0 Å². The Hall–Kier alpha value is -1.83. The minimum Gasteiger partial charge on any atom is -0.436 e. The van der Waals surface area contributed by atoms with E-state index in [1.165, 1.54) is 11.8 Å². The number of rotatable bonds is 4. The fourth-order valence-corrected chi connectivity index (χ4v) is 2.03. The predicted octanol–water partition coefficient (Wildman–Crippen LogP) is 1.74. The Balaban J connectivity index is 2.31. The molecular formula is C11H16N6OS. The van der Waals surface area contributed by atoms with Crippen LogP contribution in [0, 0.1) is 13.8 Å². The van der Waals surface area contributed by atoms with Gasteiger partial charge in [-0.25, -0.2) is 4.98 Å². The molecule has 0 aliphatic carbocycles. The number of anilines is 2. The molecule has 19 heavy (non-hydrogen) atoms. The van der Waals surface area contributed by atoms with Crippen molar-refractivity contribution in [1.82, 2.24) is 19.9 Å². The first-order valence-electron chi connectivity index (χ1n) is 5.72. The summed E-state index contributed by atoms with van der Waals surface area (Å²) < 4.78 is 5.51. The van der Waals surface area contributed by atoms with Crippen molar-refractivity contribution < 1.29 is 4.42 Å². The highest BCUT2D eigenvalue weighted by Gasteiger charge is 2.13. The van der Waals surface area contributed by atoms with E-state index in [-0.39, 0.29) is 0 Å². The van der Waals surface area contributed by atoms with Gasteiger partial charge in [0.15, 0.2) is 0 Å². The first kappa shape index (κ1) is 13.6. The maximum Gasteiger partial charge on any atom is 0.264 e. The molecule has 0 spiro atoms. The third-order valence-corrected chi connectivity index (χ3v) is 3.13. The number of aryl methyl sites for hydroxylation is 2. The van der Waals surface area contributed by atoms with Crippen molar-refractivity contribution in [3.05, 3.63) is 11.5 Å². The fourth-order valence-electron chi connectivity index (χ4n) is 1.27. The van der Waals surface area contributed by atoms with Gasteiger partial charge in [0.2, 0.25) is 17.1 Å². The molecule has 0 aromatic carbocycles. The molecule has 2 heterocycles. The zero-order chi connectivity index (χ0) is 14.0. The molecule has 1 N–H and O–H groups in total. The average Bonchev–Trinajstić information content (AvgIpc) is 2.67. The van der Waals surface area contributed by atoms with Gasteiger partial charge in [-0.15, -0.1) is 0 Å². The second-order valence-corrected chi connectivity index (χ2v) is 5.03. The van der Waals surface area contributed by atoms with Crippen LogP contribution in [0.3, 0.4) is 0 Å². The van der Waals surface area contributed by atoms with Crippen LogP contribution in [0.1, 0.15) is 11.5 Å². The van der Waals surface area contributed by atoms with E-state index in [9.17, 15) is 0 Å². The zero-order valence-electron chi connectivity index (χ0n) is 11.6. The van der Waals surface area contributed by atoms with Gasteiger partial charge in [0, 0.05) is 32.9 Å². The number of hydrogen-bond donors (Lipinski definition) is 1. The largest absolute Gasteiger partial charge is 0.436 e. The quantitative estimate of drug-likeness (QED) is 0.907. The van der Waals surface area contributed by atoms with E-state index in [2.05, 4.69) is 25.3 Å². The Bertz CT molecular complexity index is 563. The lowest BCUT2D eigenvalue weighted by Gasteiger charge is -2.11. The smallest absolute Gasteiger partial charge is 0.264 e. The van der Waals surface area contributed by atoms with E-state index in [1.807, 2.05) is 32.8 Å². The van der Waals surface area contributed by atoms with Crippen LogP contribution in [0.5, 0.6) is 0 Å². The molecule has 0 radical (unpaired) electrons. The third-order valence-electron chi connectivity index (χ3n) is 2.41. The highest BCUT2D eigenvalue weighted by atomic mass is 32.2. The second-order valence-electron chi connectivity index (χ2n) is 4.11. The molecule has 0 aliphatic rings. The summed E-state index contributed by atoms with van der Waals surface area (Å²) in [5.41, 5.74) is 0.873. The van der Waals surface area contributed by atoms with Crippen LogP contribution in [-0.4, -0.2) is 41.1 Å². The van der Waals surface area contributed by atoms with Crippen LogP contribution >= 0.6 is 11.8 Å². The maximum absolute atomic E-state index is 5.51. The lowest BCUT2D eigenvalue weighted by atomic mass is 10.4. The van der Waals surface area contributed by atoms with Gasteiger partial charge in [0.1, 0.15) is 5.76 Å². The van der Waals surface area contributed by atoms with Gasteiger partial charge >= 0.3 is 0 Å². The molecule has 2 aromatic rings. The van der Waals surface area contributed by atoms with Gasteiger partial charge in [0.25, 0.3) is 5.22 Å². The van der Waals surface area contributed by atoms with E-state index in [4.69, 9.17) is 4.42 Å². The Morgan fingerprint density at radius 3 is 2.37 bits per heavy atom. The molecule has 102 valence electrons. The zero-order valence-corrected chi connectivity index (χ0v) is 12.4. The molecule has 0 unspecified atom stereocenters. The molecule has 0 fully saturated rings. The molecule has 0 saturated carbocycles. The van der Waals surface area contributed by atoms with Crippen molar-refractivity contribution in [2.24, 2.45) is 0 Å².